The van der Waals surface area contributed by atoms with Gasteiger partial charge in [0.25, 0.3) is 5.91 Å². The second-order valence-electron chi connectivity index (χ2n) is 7.54. The molecule has 0 bridgehead atoms. The van der Waals surface area contributed by atoms with Crippen molar-refractivity contribution in [1.82, 2.24) is 29.8 Å². The summed E-state index contributed by atoms with van der Waals surface area (Å²) in [7, 11) is 0. The van der Waals surface area contributed by atoms with Crippen molar-refractivity contribution in [2.45, 2.75) is 38.9 Å². The summed E-state index contributed by atoms with van der Waals surface area (Å²) in [5, 5.41) is 11.5. The van der Waals surface area contributed by atoms with E-state index in [2.05, 4.69) is 20.2 Å². The van der Waals surface area contributed by atoms with E-state index in [1.54, 1.807) is 6.20 Å². The lowest BCUT2D eigenvalue weighted by Gasteiger charge is -2.17. The summed E-state index contributed by atoms with van der Waals surface area (Å²) in [6.45, 7) is 5.01. The van der Waals surface area contributed by atoms with Crippen LogP contribution in [0.3, 0.4) is 0 Å². The van der Waals surface area contributed by atoms with Gasteiger partial charge in [-0.05, 0) is 43.5 Å². The molecule has 1 N–H and O–H groups in total. The summed E-state index contributed by atoms with van der Waals surface area (Å²) in [4.78, 5) is 16.9. The van der Waals surface area contributed by atoms with Crippen molar-refractivity contribution in [3.8, 4) is 11.5 Å². The van der Waals surface area contributed by atoms with Crippen LogP contribution in [-0.2, 0) is 19.6 Å². The first-order chi connectivity index (χ1) is 13.8. The van der Waals surface area contributed by atoms with Crippen molar-refractivity contribution in [1.29, 1.82) is 0 Å². The maximum Gasteiger partial charge on any atom is 0.274 e. The number of aryl methyl sites for hydroxylation is 1. The lowest BCUT2D eigenvalue weighted by Crippen LogP contribution is -2.28. The van der Waals surface area contributed by atoms with Gasteiger partial charge in [-0.25, -0.2) is 0 Å². The Morgan fingerprint density at radius 3 is 2.82 bits per heavy atom. The maximum atomic E-state index is 12.7. The summed E-state index contributed by atoms with van der Waals surface area (Å²) >= 11 is 0. The lowest BCUT2D eigenvalue weighted by atomic mass is 10.3. The Hall–Kier alpha value is -2.87. The van der Waals surface area contributed by atoms with E-state index >= 15 is 0 Å². The molecule has 1 saturated heterocycles. The van der Waals surface area contributed by atoms with E-state index in [4.69, 9.17) is 4.42 Å². The van der Waals surface area contributed by atoms with Gasteiger partial charge in [0.15, 0.2) is 11.5 Å². The third-order valence-electron chi connectivity index (χ3n) is 5.51. The molecule has 0 aliphatic carbocycles. The number of rotatable bonds is 4. The third-order valence-corrected chi connectivity index (χ3v) is 5.51. The zero-order chi connectivity index (χ0) is 18.9. The summed E-state index contributed by atoms with van der Waals surface area (Å²) in [5.74, 6) is 1.79. The van der Waals surface area contributed by atoms with Gasteiger partial charge in [-0.3, -0.25) is 19.5 Å². The second kappa shape index (κ2) is 7.27. The van der Waals surface area contributed by atoms with Crippen LogP contribution in [0.2, 0.25) is 0 Å². The van der Waals surface area contributed by atoms with E-state index in [-0.39, 0.29) is 5.91 Å². The van der Waals surface area contributed by atoms with Gasteiger partial charge in [-0.1, -0.05) is 0 Å². The third kappa shape index (κ3) is 3.35. The van der Waals surface area contributed by atoms with Crippen LogP contribution in [0.15, 0.2) is 34.9 Å². The van der Waals surface area contributed by atoms with Crippen LogP contribution < -0.4 is 0 Å². The minimum Gasteiger partial charge on any atom is -0.458 e. The monoisotopic (exact) mass is 380 g/mol. The minimum atomic E-state index is 0.0693. The lowest BCUT2D eigenvalue weighted by molar-refractivity contribution is 0.0786. The number of carbonyl (C=O) groups is 1. The molecule has 3 aromatic rings. The van der Waals surface area contributed by atoms with Crippen molar-refractivity contribution >= 4 is 5.91 Å². The number of fused-ring (bicyclic) bond motifs is 1. The number of amides is 1. The average Bonchev–Trinajstić information content (AvgIpc) is 3.48. The highest BCUT2D eigenvalue weighted by Gasteiger charge is 2.25. The zero-order valence-corrected chi connectivity index (χ0v) is 15.8. The number of nitrogens with zero attached hydrogens (tertiary/aromatic N) is 5. The molecule has 0 unspecified atom stereocenters. The fourth-order valence-electron chi connectivity index (χ4n) is 4.07. The molecule has 0 spiro atoms. The van der Waals surface area contributed by atoms with Crippen molar-refractivity contribution in [2.75, 3.05) is 19.6 Å². The molecule has 5 heterocycles. The Kier molecular flexibility index (Phi) is 4.48. The Labute approximate surface area is 163 Å². The summed E-state index contributed by atoms with van der Waals surface area (Å²) < 4.78 is 7.98. The number of likely N-dealkylation sites (tertiary alicyclic amines) is 1. The van der Waals surface area contributed by atoms with Gasteiger partial charge in [-0.15, -0.1) is 0 Å². The van der Waals surface area contributed by atoms with E-state index in [9.17, 15) is 4.79 Å². The molecule has 0 saturated carbocycles. The van der Waals surface area contributed by atoms with Gasteiger partial charge in [0.2, 0.25) is 0 Å². The van der Waals surface area contributed by atoms with Gasteiger partial charge in [0.1, 0.15) is 11.5 Å². The SMILES string of the molecule is O=C(c1cc2n(n1)CCCN(Cc1ccc(-c3ccn[nH]3)o1)C2)N1CCCC1. The molecule has 146 valence electrons. The molecule has 1 amide bonds. The van der Waals surface area contributed by atoms with Gasteiger partial charge < -0.3 is 9.32 Å². The quantitative estimate of drug-likeness (QED) is 0.752. The van der Waals surface area contributed by atoms with Crippen LogP contribution in [0, 0.1) is 0 Å². The molecule has 8 nitrogen and oxygen atoms in total. The fourth-order valence-corrected chi connectivity index (χ4v) is 4.07. The molecule has 5 rings (SSSR count). The number of H-pyrrole nitrogens is 1. The number of furan rings is 1. The van der Waals surface area contributed by atoms with Gasteiger partial charge in [0.05, 0.1) is 12.2 Å². The first-order valence-electron chi connectivity index (χ1n) is 9.93. The molecule has 2 aliphatic rings. The predicted molar refractivity (Wildman–Crippen MR) is 102 cm³/mol. The summed E-state index contributed by atoms with van der Waals surface area (Å²) in [6.07, 6.45) is 4.90. The highest BCUT2D eigenvalue weighted by atomic mass is 16.3. The van der Waals surface area contributed by atoms with Gasteiger partial charge in [-0.2, -0.15) is 10.2 Å². The highest BCUT2D eigenvalue weighted by molar-refractivity contribution is 5.92. The second-order valence-corrected chi connectivity index (χ2v) is 7.54. The van der Waals surface area contributed by atoms with E-state index in [1.807, 2.05) is 33.8 Å². The van der Waals surface area contributed by atoms with Crippen LogP contribution in [0.1, 0.15) is 41.2 Å². The largest absolute Gasteiger partial charge is 0.458 e. The molecule has 28 heavy (non-hydrogen) atoms. The number of nitrogens with one attached hydrogen (secondary N) is 1. The van der Waals surface area contributed by atoms with Crippen molar-refractivity contribution in [2.24, 2.45) is 0 Å². The molecule has 0 radical (unpaired) electrons. The number of hydrogen-bond acceptors (Lipinski definition) is 5. The predicted octanol–water partition coefficient (Wildman–Crippen LogP) is 2.51. The molecule has 0 aromatic carbocycles. The van der Waals surface area contributed by atoms with Gasteiger partial charge >= 0.3 is 0 Å². The molecular formula is C20H24N6O2. The summed E-state index contributed by atoms with van der Waals surface area (Å²) in [6, 6.07) is 7.85. The van der Waals surface area contributed by atoms with Crippen LogP contribution >= 0.6 is 0 Å². The number of hydrogen-bond donors (Lipinski definition) is 1. The minimum absolute atomic E-state index is 0.0693. The molecular weight excluding hydrogens is 356 g/mol. The molecule has 1 fully saturated rings. The smallest absolute Gasteiger partial charge is 0.274 e. The molecule has 0 atom stereocenters. The van der Waals surface area contributed by atoms with Crippen molar-refractivity contribution in [3.63, 3.8) is 0 Å². The Morgan fingerprint density at radius 2 is 2.00 bits per heavy atom. The first kappa shape index (κ1) is 17.2. The van der Waals surface area contributed by atoms with Crippen LogP contribution in [0.5, 0.6) is 0 Å². The van der Waals surface area contributed by atoms with Crippen molar-refractivity contribution < 1.29 is 9.21 Å². The van der Waals surface area contributed by atoms with E-state index < -0.39 is 0 Å². The average molecular weight is 380 g/mol. The molecule has 3 aromatic heterocycles. The number of carbonyl (C=O) groups excluding carboxylic acids is 1. The van der Waals surface area contributed by atoms with Gasteiger partial charge in [0, 0.05) is 38.9 Å². The van der Waals surface area contributed by atoms with Crippen LogP contribution in [0.25, 0.3) is 11.5 Å². The van der Waals surface area contributed by atoms with E-state index in [0.29, 0.717) is 5.69 Å². The highest BCUT2D eigenvalue weighted by Crippen LogP contribution is 2.23. The number of aromatic nitrogens is 4. The normalized spacial score (nSPS) is 17.6. The standard InChI is InChI=1S/C20H24N6O2/c27-20(25-9-1-2-10-25)18-12-15-13-24(8-3-11-26(15)23-18)14-16-4-5-19(28-16)17-6-7-21-22-17/h4-7,12H,1-3,8-11,13-14H2,(H,21,22). The zero-order valence-electron chi connectivity index (χ0n) is 15.8. The maximum absolute atomic E-state index is 12.7. The van der Waals surface area contributed by atoms with Crippen LogP contribution in [-0.4, -0.2) is 55.3 Å². The first-order valence-corrected chi connectivity index (χ1v) is 9.93. The Morgan fingerprint density at radius 1 is 1.11 bits per heavy atom. The molecule has 2 aliphatic heterocycles. The van der Waals surface area contributed by atoms with E-state index in [0.717, 1.165) is 81.4 Å². The fraction of sp³-hybridized carbons (Fsp3) is 0.450. The van der Waals surface area contributed by atoms with Crippen LogP contribution in [0.4, 0.5) is 0 Å². The Bertz CT molecular complexity index is 951. The number of aromatic amines is 1. The van der Waals surface area contributed by atoms with Crippen molar-refractivity contribution in [3.05, 3.63) is 47.6 Å². The molecule has 8 heteroatoms. The summed E-state index contributed by atoms with van der Waals surface area (Å²) in [5.41, 5.74) is 2.56. The van der Waals surface area contributed by atoms with E-state index in [1.165, 1.54) is 0 Å². The topological polar surface area (TPSA) is 83.2 Å². The Balaban J connectivity index is 1.29.